The molecule has 5 nitrogen and oxygen atoms in total. The van der Waals surface area contributed by atoms with E-state index in [1.165, 1.54) is 21.9 Å². The van der Waals surface area contributed by atoms with Crippen LogP contribution in [0.2, 0.25) is 0 Å². The first kappa shape index (κ1) is 17.5. The van der Waals surface area contributed by atoms with Crippen molar-refractivity contribution in [3.8, 4) is 0 Å². The maximum absolute atomic E-state index is 8.89. The van der Waals surface area contributed by atoms with E-state index in [1.807, 2.05) is 6.07 Å². The van der Waals surface area contributed by atoms with Gasteiger partial charge in [-0.25, -0.2) is 4.57 Å². The minimum atomic E-state index is -1.08. The zero-order valence-corrected chi connectivity index (χ0v) is 14.8. The zero-order valence-electron chi connectivity index (χ0n) is 14.8. The van der Waals surface area contributed by atoms with Crippen molar-refractivity contribution >= 4 is 33.6 Å². The number of rotatable bonds is 3. The number of pyridine rings is 1. The van der Waals surface area contributed by atoms with Crippen LogP contribution in [0.4, 0.5) is 5.82 Å². The predicted molar refractivity (Wildman–Crippen MR) is 101 cm³/mol. The van der Waals surface area contributed by atoms with Gasteiger partial charge in [0.25, 0.3) is 5.82 Å². The summed E-state index contributed by atoms with van der Waals surface area (Å²) in [7, 11) is 2.07. The van der Waals surface area contributed by atoms with Crippen molar-refractivity contribution < 1.29 is 14.5 Å². The van der Waals surface area contributed by atoms with Gasteiger partial charge < -0.3 is 14.9 Å². The number of benzene rings is 2. The molecule has 26 heavy (non-hydrogen) atoms. The standard InChI is InChI=1S/C19H17N3.C2H4O2/c1-22-13-18-16(15-9-5-6-10-17(15)21-18)11-19(22)20-12-14-7-3-2-4-8-14;1-2(3)4/h2-11,13H,12H2,1H3,(H,20,21);1H3,(H,3,4). The van der Waals surface area contributed by atoms with Gasteiger partial charge in [-0.2, -0.15) is 0 Å². The van der Waals surface area contributed by atoms with Crippen LogP contribution in [0.15, 0.2) is 66.9 Å². The van der Waals surface area contributed by atoms with Crippen LogP contribution >= 0.6 is 0 Å². The highest BCUT2D eigenvalue weighted by Gasteiger charge is 2.11. The van der Waals surface area contributed by atoms with Crippen molar-refractivity contribution in [2.45, 2.75) is 13.5 Å². The lowest BCUT2D eigenvalue weighted by molar-refractivity contribution is -0.656. The van der Waals surface area contributed by atoms with Crippen molar-refractivity contribution in [3.63, 3.8) is 0 Å². The number of aliphatic carboxylic acids is 1. The number of aromatic nitrogens is 2. The molecule has 0 fully saturated rings. The molecule has 4 aromatic rings. The topological polar surface area (TPSA) is 71.8 Å². The van der Waals surface area contributed by atoms with Crippen LogP contribution in [-0.2, 0) is 18.4 Å². The summed E-state index contributed by atoms with van der Waals surface area (Å²) >= 11 is 0. The number of carbonyl (C=O) groups is 1. The fourth-order valence-corrected chi connectivity index (χ4v) is 2.91. The lowest BCUT2D eigenvalue weighted by atomic mass is 10.2. The van der Waals surface area contributed by atoms with E-state index in [0.29, 0.717) is 0 Å². The van der Waals surface area contributed by atoms with E-state index in [2.05, 4.69) is 82.7 Å². The van der Waals surface area contributed by atoms with Gasteiger partial charge >= 0.3 is 0 Å². The van der Waals surface area contributed by atoms with Crippen LogP contribution in [-0.4, -0.2) is 11.0 Å². The molecular formula is C21H21N3O2. The number of anilines is 1. The molecule has 0 saturated heterocycles. The Kier molecular flexibility index (Phi) is 5.17. The van der Waals surface area contributed by atoms with Gasteiger partial charge in [-0.05, 0) is 18.6 Å². The van der Waals surface area contributed by atoms with Gasteiger partial charge in [0.15, 0.2) is 0 Å². The fourth-order valence-electron chi connectivity index (χ4n) is 2.91. The van der Waals surface area contributed by atoms with Crippen LogP contribution < -0.4 is 15.0 Å². The summed E-state index contributed by atoms with van der Waals surface area (Å²) in [5, 5.41) is 14.9. The molecule has 0 amide bonds. The number of aryl methyl sites for hydroxylation is 1. The number of carbonyl (C=O) groups excluding carboxylic acids is 1. The molecule has 4 rings (SSSR count). The fraction of sp³-hybridized carbons (Fsp3) is 0.143. The number of para-hydroxylation sites is 1. The molecule has 0 spiro atoms. The Hall–Kier alpha value is -3.34. The van der Waals surface area contributed by atoms with Gasteiger partial charge in [-0.15, -0.1) is 0 Å². The van der Waals surface area contributed by atoms with Crippen molar-refractivity contribution in [1.29, 1.82) is 0 Å². The molecule has 132 valence electrons. The second-order valence-corrected chi connectivity index (χ2v) is 6.10. The number of carboxylic acid groups (broad SMARTS) is 1. The van der Waals surface area contributed by atoms with Crippen molar-refractivity contribution in [3.05, 3.63) is 72.4 Å². The number of carboxylic acids is 1. The first-order valence-electron chi connectivity index (χ1n) is 8.40. The van der Waals surface area contributed by atoms with E-state index in [0.717, 1.165) is 24.8 Å². The molecule has 0 aliphatic heterocycles. The third kappa shape index (κ3) is 4.00. The van der Waals surface area contributed by atoms with E-state index in [9.17, 15) is 0 Å². The van der Waals surface area contributed by atoms with Crippen molar-refractivity contribution in [2.75, 3.05) is 5.32 Å². The Balaban J connectivity index is 0.000000447. The summed E-state index contributed by atoms with van der Waals surface area (Å²) in [6.07, 6.45) is 2.14. The molecule has 0 atom stereocenters. The molecular weight excluding hydrogens is 326 g/mol. The molecule has 0 unspecified atom stereocenters. The quantitative estimate of drug-likeness (QED) is 0.559. The maximum atomic E-state index is 8.89. The molecule has 5 heteroatoms. The van der Waals surface area contributed by atoms with Crippen LogP contribution in [0.3, 0.4) is 0 Å². The maximum Gasteiger partial charge on any atom is 0.275 e. The number of hydrogen-bond donors (Lipinski definition) is 2. The van der Waals surface area contributed by atoms with E-state index in [4.69, 9.17) is 9.90 Å². The van der Waals surface area contributed by atoms with E-state index < -0.39 is 5.97 Å². The van der Waals surface area contributed by atoms with Crippen molar-refractivity contribution in [2.24, 2.45) is 7.05 Å². The van der Waals surface area contributed by atoms with E-state index in [1.54, 1.807) is 0 Å². The minimum Gasteiger partial charge on any atom is -0.550 e. The predicted octanol–water partition coefficient (Wildman–Crippen LogP) is 2.51. The van der Waals surface area contributed by atoms with Gasteiger partial charge in [0, 0.05) is 28.3 Å². The molecule has 0 aliphatic rings. The summed E-state index contributed by atoms with van der Waals surface area (Å²) in [6, 6.07) is 21.1. The lowest BCUT2D eigenvalue weighted by Crippen LogP contribution is -2.31. The first-order valence-corrected chi connectivity index (χ1v) is 8.40. The van der Waals surface area contributed by atoms with Crippen LogP contribution in [0.1, 0.15) is 12.5 Å². The monoisotopic (exact) mass is 347 g/mol. The zero-order chi connectivity index (χ0) is 18.5. The molecule has 0 saturated carbocycles. The average molecular weight is 347 g/mol. The normalized spacial score (nSPS) is 10.4. The highest BCUT2D eigenvalue weighted by atomic mass is 16.4. The van der Waals surface area contributed by atoms with Crippen molar-refractivity contribution in [1.82, 2.24) is 4.98 Å². The number of aromatic amines is 1. The largest absolute Gasteiger partial charge is 0.550 e. The van der Waals surface area contributed by atoms with Gasteiger partial charge in [-0.3, -0.25) is 5.32 Å². The Morgan fingerprint density at radius 2 is 1.69 bits per heavy atom. The van der Waals surface area contributed by atoms with Gasteiger partial charge in [0.2, 0.25) is 0 Å². The molecule has 0 radical (unpaired) electrons. The Bertz CT molecular complexity index is 1040. The van der Waals surface area contributed by atoms with Gasteiger partial charge in [0.1, 0.15) is 12.7 Å². The second-order valence-electron chi connectivity index (χ2n) is 6.10. The highest BCUT2D eigenvalue weighted by Crippen LogP contribution is 2.25. The Morgan fingerprint density at radius 1 is 1.04 bits per heavy atom. The number of nitrogens with one attached hydrogen (secondary N) is 2. The van der Waals surface area contributed by atoms with Gasteiger partial charge in [0.05, 0.1) is 12.6 Å². The summed E-state index contributed by atoms with van der Waals surface area (Å²) in [5.74, 6) is 0.0288. The highest BCUT2D eigenvalue weighted by molar-refractivity contribution is 6.07. The third-order valence-corrected chi connectivity index (χ3v) is 4.08. The first-order chi connectivity index (χ1) is 12.5. The molecule has 0 aliphatic carbocycles. The smallest absolute Gasteiger partial charge is 0.275 e. The number of H-pyrrole nitrogens is 1. The van der Waals surface area contributed by atoms with E-state index >= 15 is 0 Å². The summed E-state index contributed by atoms with van der Waals surface area (Å²) in [4.78, 5) is 12.4. The SMILES string of the molecule is CC(=O)[O-].C[n+]1cc2[nH]c3ccccc3c2cc1NCc1ccccc1. The van der Waals surface area contributed by atoms with Crippen LogP contribution in [0.25, 0.3) is 21.8 Å². The molecule has 2 N–H and O–H groups in total. The number of hydrogen-bond acceptors (Lipinski definition) is 3. The molecule has 2 aromatic carbocycles. The van der Waals surface area contributed by atoms with Gasteiger partial charge in [-0.1, -0.05) is 48.5 Å². The van der Waals surface area contributed by atoms with E-state index in [-0.39, 0.29) is 0 Å². The summed E-state index contributed by atoms with van der Waals surface area (Å²) < 4.78 is 2.13. The second kappa shape index (κ2) is 7.70. The van der Waals surface area contributed by atoms with Crippen LogP contribution in [0.5, 0.6) is 0 Å². The summed E-state index contributed by atoms with van der Waals surface area (Å²) in [6.45, 7) is 1.79. The average Bonchev–Trinajstić information content (AvgIpc) is 2.97. The minimum absolute atomic E-state index is 0.822. The molecule has 2 heterocycles. The lowest BCUT2D eigenvalue weighted by Gasteiger charge is -2.04. The number of fused-ring (bicyclic) bond motifs is 3. The molecule has 0 bridgehead atoms. The van der Waals surface area contributed by atoms with Crippen LogP contribution in [0, 0.1) is 0 Å². The molecule has 2 aromatic heterocycles. The summed E-state index contributed by atoms with van der Waals surface area (Å²) in [5.41, 5.74) is 3.62. The Labute approximate surface area is 151 Å². The third-order valence-electron chi connectivity index (χ3n) is 4.08. The number of nitrogens with zero attached hydrogens (tertiary/aromatic N) is 1. The Morgan fingerprint density at radius 3 is 2.42 bits per heavy atom.